The number of benzene rings is 2. The molecule has 0 saturated carbocycles. The lowest BCUT2D eigenvalue weighted by atomic mass is 10.1. The molecule has 28 heavy (non-hydrogen) atoms. The highest BCUT2D eigenvalue weighted by atomic mass is 35.5. The van der Waals surface area contributed by atoms with Gasteiger partial charge in [0.25, 0.3) is 0 Å². The van der Waals surface area contributed by atoms with Gasteiger partial charge in [-0.05, 0) is 56.5 Å². The number of carbonyl (C=O) groups excluding carboxylic acids is 1. The lowest BCUT2D eigenvalue weighted by Gasteiger charge is -2.25. The molecule has 2 atom stereocenters. The molecule has 0 saturated heterocycles. The molecule has 1 aliphatic heterocycles. The van der Waals surface area contributed by atoms with E-state index in [-0.39, 0.29) is 17.2 Å². The number of nitrogens with zero attached hydrogens (tertiary/aromatic N) is 4. The second-order valence-electron chi connectivity index (χ2n) is 7.07. The number of hydrogen-bond donors (Lipinski definition) is 0. The summed E-state index contributed by atoms with van der Waals surface area (Å²) < 4.78 is 1.86. The van der Waals surface area contributed by atoms with E-state index in [1.54, 1.807) is 6.33 Å². The molecule has 1 amide bonds. The standard InChI is InChI=1S/C21H21ClN4OS/c1-13-8-9-17(11-18(13)22)25-12-23-24-21(25)28-15(3)20(27)26-14(2)10-16-6-4-5-7-19(16)26/h4-9,11-12,14-15H,10H2,1-3H3. The zero-order valence-electron chi connectivity index (χ0n) is 16.0. The van der Waals surface area contributed by atoms with Crippen molar-refractivity contribution in [2.24, 2.45) is 0 Å². The van der Waals surface area contributed by atoms with Gasteiger partial charge in [0.1, 0.15) is 6.33 Å². The zero-order chi connectivity index (χ0) is 19.8. The Morgan fingerprint density at radius 3 is 2.86 bits per heavy atom. The van der Waals surface area contributed by atoms with Crippen LogP contribution in [0.4, 0.5) is 5.69 Å². The number of anilines is 1. The third-order valence-corrected chi connectivity index (χ3v) is 6.48. The maximum Gasteiger partial charge on any atom is 0.240 e. The summed E-state index contributed by atoms with van der Waals surface area (Å²) in [6.45, 7) is 5.97. The largest absolute Gasteiger partial charge is 0.308 e. The van der Waals surface area contributed by atoms with Crippen molar-refractivity contribution >= 4 is 35.0 Å². The molecule has 2 heterocycles. The molecule has 0 bridgehead atoms. The summed E-state index contributed by atoms with van der Waals surface area (Å²) in [5, 5.41) is 9.32. The van der Waals surface area contributed by atoms with Crippen molar-refractivity contribution in [3.63, 3.8) is 0 Å². The summed E-state index contributed by atoms with van der Waals surface area (Å²) >= 11 is 7.68. The summed E-state index contributed by atoms with van der Waals surface area (Å²) in [6.07, 6.45) is 2.53. The summed E-state index contributed by atoms with van der Waals surface area (Å²) in [4.78, 5) is 15.1. The van der Waals surface area contributed by atoms with E-state index in [0.717, 1.165) is 23.4 Å². The number of halogens is 1. The molecule has 0 radical (unpaired) electrons. The summed E-state index contributed by atoms with van der Waals surface area (Å²) in [7, 11) is 0. The van der Waals surface area contributed by atoms with Crippen LogP contribution in [0.1, 0.15) is 25.0 Å². The molecule has 0 N–H and O–H groups in total. The van der Waals surface area contributed by atoms with Gasteiger partial charge < -0.3 is 4.90 Å². The fourth-order valence-electron chi connectivity index (χ4n) is 3.52. The Morgan fingerprint density at radius 2 is 2.07 bits per heavy atom. The number of amides is 1. The van der Waals surface area contributed by atoms with Crippen molar-refractivity contribution in [3.05, 3.63) is 64.9 Å². The first-order valence-corrected chi connectivity index (χ1v) is 10.5. The smallest absolute Gasteiger partial charge is 0.240 e. The first kappa shape index (κ1) is 19.0. The molecular formula is C21H21ClN4OS. The molecule has 0 spiro atoms. The minimum atomic E-state index is -0.294. The average molecular weight is 413 g/mol. The molecule has 2 aromatic carbocycles. The van der Waals surface area contributed by atoms with Crippen LogP contribution < -0.4 is 4.90 Å². The Morgan fingerprint density at radius 1 is 1.29 bits per heavy atom. The van der Waals surface area contributed by atoms with E-state index in [0.29, 0.717) is 10.2 Å². The molecule has 3 aromatic rings. The Kier molecular flexibility index (Phi) is 5.17. The number of hydrogen-bond acceptors (Lipinski definition) is 4. The number of aryl methyl sites for hydroxylation is 1. The maximum absolute atomic E-state index is 13.2. The Labute approximate surface area is 173 Å². The fraction of sp³-hybridized carbons (Fsp3) is 0.286. The Balaban J connectivity index is 1.56. The predicted octanol–water partition coefficient (Wildman–Crippen LogP) is 4.69. The van der Waals surface area contributed by atoms with E-state index >= 15 is 0 Å². The van der Waals surface area contributed by atoms with Gasteiger partial charge in [0.15, 0.2) is 5.16 Å². The topological polar surface area (TPSA) is 51.0 Å². The van der Waals surface area contributed by atoms with Crippen molar-refractivity contribution < 1.29 is 4.79 Å². The van der Waals surface area contributed by atoms with Gasteiger partial charge in [-0.15, -0.1) is 10.2 Å². The van der Waals surface area contributed by atoms with E-state index < -0.39 is 0 Å². The Hall–Kier alpha value is -2.31. The van der Waals surface area contributed by atoms with Crippen LogP contribution in [-0.2, 0) is 11.2 Å². The summed E-state index contributed by atoms with van der Waals surface area (Å²) in [6, 6.07) is 14.1. The van der Waals surface area contributed by atoms with Crippen molar-refractivity contribution in [1.82, 2.24) is 14.8 Å². The average Bonchev–Trinajstić information content (AvgIpc) is 3.26. The molecule has 1 aliphatic rings. The van der Waals surface area contributed by atoms with Crippen molar-refractivity contribution in [2.45, 2.75) is 43.6 Å². The highest BCUT2D eigenvalue weighted by molar-refractivity contribution is 8.00. The van der Waals surface area contributed by atoms with Gasteiger partial charge in [0, 0.05) is 16.8 Å². The van der Waals surface area contributed by atoms with E-state index in [1.807, 2.05) is 59.7 Å². The second-order valence-corrected chi connectivity index (χ2v) is 8.78. The first-order valence-electron chi connectivity index (χ1n) is 9.20. The van der Waals surface area contributed by atoms with E-state index in [9.17, 15) is 4.79 Å². The maximum atomic E-state index is 13.2. The molecular weight excluding hydrogens is 392 g/mol. The fourth-order valence-corrected chi connectivity index (χ4v) is 4.59. The van der Waals surface area contributed by atoms with Crippen LogP contribution >= 0.6 is 23.4 Å². The van der Waals surface area contributed by atoms with Crippen LogP contribution in [0.2, 0.25) is 5.02 Å². The third kappa shape index (κ3) is 3.42. The van der Waals surface area contributed by atoms with Crippen LogP contribution in [-0.4, -0.2) is 32.0 Å². The van der Waals surface area contributed by atoms with Crippen LogP contribution in [0.5, 0.6) is 0 Å². The lowest BCUT2D eigenvalue weighted by Crippen LogP contribution is -2.40. The molecule has 0 aliphatic carbocycles. The highest BCUT2D eigenvalue weighted by Crippen LogP contribution is 2.35. The third-order valence-electron chi connectivity index (χ3n) is 5.02. The quantitative estimate of drug-likeness (QED) is 0.583. The minimum absolute atomic E-state index is 0.0824. The number of para-hydroxylation sites is 1. The van der Waals surface area contributed by atoms with Gasteiger partial charge in [-0.1, -0.05) is 47.6 Å². The van der Waals surface area contributed by atoms with Gasteiger partial charge >= 0.3 is 0 Å². The van der Waals surface area contributed by atoms with E-state index in [1.165, 1.54) is 17.3 Å². The number of carbonyl (C=O) groups is 1. The van der Waals surface area contributed by atoms with Gasteiger partial charge in [-0.3, -0.25) is 9.36 Å². The normalized spacial score (nSPS) is 16.9. The van der Waals surface area contributed by atoms with Crippen molar-refractivity contribution in [1.29, 1.82) is 0 Å². The molecule has 144 valence electrons. The number of aromatic nitrogens is 3. The molecule has 4 rings (SSSR count). The van der Waals surface area contributed by atoms with Gasteiger partial charge in [-0.2, -0.15) is 0 Å². The lowest BCUT2D eigenvalue weighted by molar-refractivity contribution is -0.118. The molecule has 5 nitrogen and oxygen atoms in total. The monoisotopic (exact) mass is 412 g/mol. The predicted molar refractivity (Wildman–Crippen MR) is 114 cm³/mol. The van der Waals surface area contributed by atoms with Crippen molar-refractivity contribution in [2.75, 3.05) is 4.90 Å². The highest BCUT2D eigenvalue weighted by Gasteiger charge is 2.33. The van der Waals surface area contributed by atoms with Crippen LogP contribution in [0.15, 0.2) is 53.9 Å². The first-order chi connectivity index (χ1) is 13.5. The number of rotatable bonds is 4. The number of fused-ring (bicyclic) bond motifs is 1. The summed E-state index contributed by atoms with van der Waals surface area (Å²) in [5.74, 6) is 0.0824. The summed E-state index contributed by atoms with van der Waals surface area (Å²) in [5.41, 5.74) is 4.12. The number of thioether (sulfide) groups is 1. The Bertz CT molecular complexity index is 1030. The van der Waals surface area contributed by atoms with Gasteiger partial charge in [0.05, 0.1) is 10.9 Å². The van der Waals surface area contributed by atoms with Gasteiger partial charge in [0.2, 0.25) is 5.91 Å². The van der Waals surface area contributed by atoms with Crippen molar-refractivity contribution in [3.8, 4) is 5.69 Å². The van der Waals surface area contributed by atoms with Crippen LogP contribution in [0.3, 0.4) is 0 Å². The molecule has 2 unspecified atom stereocenters. The molecule has 0 fully saturated rings. The zero-order valence-corrected chi connectivity index (χ0v) is 17.5. The van der Waals surface area contributed by atoms with Crippen LogP contribution in [0, 0.1) is 6.92 Å². The minimum Gasteiger partial charge on any atom is -0.308 e. The SMILES string of the molecule is Cc1ccc(-n2cnnc2SC(C)C(=O)N2c3ccccc3CC2C)cc1Cl. The molecule has 7 heteroatoms. The van der Waals surface area contributed by atoms with Crippen LogP contribution in [0.25, 0.3) is 5.69 Å². The second kappa shape index (κ2) is 7.60. The van der Waals surface area contributed by atoms with E-state index in [4.69, 9.17) is 11.6 Å². The van der Waals surface area contributed by atoms with E-state index in [2.05, 4.69) is 23.2 Å². The van der Waals surface area contributed by atoms with Gasteiger partial charge in [-0.25, -0.2) is 0 Å². The molecule has 1 aromatic heterocycles.